The average Bonchev–Trinajstić information content (AvgIpc) is 2.66. The fourth-order valence-electron chi connectivity index (χ4n) is 4.52. The molecule has 0 amide bonds. The van der Waals surface area contributed by atoms with Gasteiger partial charge in [0.15, 0.2) is 0 Å². The molecule has 0 aliphatic carbocycles. The Hall–Kier alpha value is -0.840. The Labute approximate surface area is 167 Å². The summed E-state index contributed by atoms with van der Waals surface area (Å²) in [6.45, 7) is 10.6. The van der Waals surface area contributed by atoms with Gasteiger partial charge >= 0.3 is 6.18 Å². The van der Waals surface area contributed by atoms with Crippen LogP contribution < -0.4 is 0 Å². The maximum absolute atomic E-state index is 13.3. The van der Waals surface area contributed by atoms with Crippen molar-refractivity contribution in [3.63, 3.8) is 0 Å². The minimum absolute atomic E-state index is 0.129. The minimum Gasteiger partial charge on any atom is -0.257 e. The zero-order valence-electron chi connectivity index (χ0n) is 17.3. The third kappa shape index (κ3) is 4.49. The Kier molecular flexibility index (Phi) is 6.63. The lowest BCUT2D eigenvalue weighted by molar-refractivity contribution is -0.137. The largest absolute Gasteiger partial charge is 0.416 e. The maximum Gasteiger partial charge on any atom is 0.416 e. The van der Waals surface area contributed by atoms with Crippen molar-refractivity contribution in [1.82, 2.24) is 9.34 Å². The Balaban J connectivity index is 2.17. The van der Waals surface area contributed by atoms with Gasteiger partial charge in [-0.25, -0.2) is 4.74 Å². The predicted octanol–water partition coefficient (Wildman–Crippen LogP) is 7.14. The van der Waals surface area contributed by atoms with Crippen LogP contribution in [0.4, 0.5) is 18.9 Å². The summed E-state index contributed by atoms with van der Waals surface area (Å²) in [6, 6.07) is 5.60. The normalized spacial score (nSPS) is 20.9. The molecule has 7 heteroatoms. The monoisotopic (exact) mass is 415 g/mol. The highest BCUT2D eigenvalue weighted by Crippen LogP contribution is 2.68. The number of hydrogen-bond donors (Lipinski definition) is 0. The Bertz CT molecular complexity index is 690. The van der Waals surface area contributed by atoms with Crippen molar-refractivity contribution >= 4 is 13.0 Å². The first-order chi connectivity index (χ1) is 13.1. The van der Waals surface area contributed by atoms with Crippen LogP contribution in [0, 0.1) is 0 Å². The van der Waals surface area contributed by atoms with Crippen molar-refractivity contribution in [1.29, 1.82) is 0 Å². The molecule has 0 spiro atoms. The van der Waals surface area contributed by atoms with Crippen LogP contribution in [0.25, 0.3) is 0 Å². The average molecular weight is 415 g/mol. The molecule has 0 bridgehead atoms. The zero-order chi connectivity index (χ0) is 20.4. The molecule has 2 aliphatic rings. The molecule has 0 atom stereocenters. The molecule has 0 aromatic heterocycles. The van der Waals surface area contributed by atoms with E-state index in [1.54, 1.807) is 6.07 Å². The molecule has 158 valence electrons. The predicted molar refractivity (Wildman–Crippen MR) is 111 cm³/mol. The van der Waals surface area contributed by atoms with E-state index in [4.69, 9.17) is 4.74 Å². The van der Waals surface area contributed by atoms with Crippen molar-refractivity contribution in [3.05, 3.63) is 29.8 Å². The zero-order valence-corrected chi connectivity index (χ0v) is 18.2. The lowest BCUT2D eigenvalue weighted by atomic mass is 10.2. The van der Waals surface area contributed by atoms with Gasteiger partial charge in [-0.05, 0) is 43.9 Å². The number of piperidine rings is 2. The first-order valence-electron chi connectivity index (χ1n) is 10.5. The quantitative estimate of drug-likeness (QED) is 0.489. The molecule has 2 aliphatic heterocycles. The van der Waals surface area contributed by atoms with Gasteiger partial charge in [-0.3, -0.25) is 9.34 Å². The standard InChI is InChI=1S/C21H33F3N3P/c1-20(2,3)28(26-13-6-4-7-14-26,27-15-8-5-9-16-27)25-19-12-10-11-18(17-19)21(22,23)24/h10-12,17H,4-9,13-16H2,1-3H3. The molecule has 1 aromatic carbocycles. The Morgan fingerprint density at radius 2 is 1.32 bits per heavy atom. The molecule has 3 nitrogen and oxygen atoms in total. The van der Waals surface area contributed by atoms with Gasteiger partial charge in [0, 0.05) is 31.3 Å². The van der Waals surface area contributed by atoms with E-state index in [0.717, 1.165) is 57.9 Å². The third-order valence-electron chi connectivity index (χ3n) is 5.78. The lowest BCUT2D eigenvalue weighted by Gasteiger charge is -2.53. The van der Waals surface area contributed by atoms with Crippen LogP contribution in [0.15, 0.2) is 29.0 Å². The molecule has 1 aromatic rings. The van der Waals surface area contributed by atoms with Crippen molar-refractivity contribution in [2.24, 2.45) is 4.74 Å². The second-order valence-electron chi connectivity index (χ2n) is 8.92. The minimum atomic E-state index is -4.34. The van der Waals surface area contributed by atoms with Gasteiger partial charge in [-0.15, -0.1) is 0 Å². The van der Waals surface area contributed by atoms with Crippen molar-refractivity contribution in [3.8, 4) is 0 Å². The Morgan fingerprint density at radius 1 is 0.821 bits per heavy atom. The summed E-state index contributed by atoms with van der Waals surface area (Å²) in [5.74, 6) is 0. The first kappa shape index (κ1) is 21.9. The number of halogens is 3. The summed E-state index contributed by atoms with van der Waals surface area (Å²) in [5.41, 5.74) is -0.146. The molecule has 0 N–H and O–H groups in total. The van der Waals surface area contributed by atoms with E-state index >= 15 is 0 Å². The van der Waals surface area contributed by atoms with Crippen LogP contribution in [0.3, 0.4) is 0 Å². The fraction of sp³-hybridized carbons (Fsp3) is 0.714. The second-order valence-corrected chi connectivity index (χ2v) is 12.7. The van der Waals surface area contributed by atoms with E-state index < -0.39 is 19.1 Å². The summed E-state index contributed by atoms with van der Waals surface area (Å²) < 4.78 is 50.2. The smallest absolute Gasteiger partial charge is 0.257 e. The van der Waals surface area contributed by atoms with Gasteiger partial charge in [-0.2, -0.15) is 13.2 Å². The van der Waals surface area contributed by atoms with Gasteiger partial charge in [0.05, 0.1) is 11.3 Å². The van der Waals surface area contributed by atoms with Gasteiger partial charge in [0.2, 0.25) is 0 Å². The van der Waals surface area contributed by atoms with E-state index in [1.165, 1.54) is 25.0 Å². The summed E-state index contributed by atoms with van der Waals surface area (Å²) in [7, 11) is -2.20. The molecule has 2 heterocycles. The topological polar surface area (TPSA) is 18.8 Å². The van der Waals surface area contributed by atoms with E-state index in [2.05, 4.69) is 30.1 Å². The van der Waals surface area contributed by atoms with Crippen LogP contribution in [0.2, 0.25) is 0 Å². The fourth-order valence-corrected chi connectivity index (χ4v) is 9.26. The van der Waals surface area contributed by atoms with E-state index in [0.29, 0.717) is 5.69 Å². The van der Waals surface area contributed by atoms with E-state index in [-0.39, 0.29) is 5.16 Å². The van der Waals surface area contributed by atoms with Gasteiger partial charge in [0.1, 0.15) is 7.36 Å². The number of alkyl halides is 3. The highest BCUT2D eigenvalue weighted by Gasteiger charge is 2.45. The van der Waals surface area contributed by atoms with E-state index in [9.17, 15) is 13.2 Å². The molecule has 28 heavy (non-hydrogen) atoms. The number of nitrogens with zero attached hydrogens (tertiary/aromatic N) is 3. The molecular weight excluding hydrogens is 382 g/mol. The molecule has 0 saturated carbocycles. The summed E-state index contributed by atoms with van der Waals surface area (Å²) in [5, 5.41) is -0.129. The maximum atomic E-state index is 13.3. The van der Waals surface area contributed by atoms with Crippen LogP contribution >= 0.6 is 7.36 Å². The summed E-state index contributed by atoms with van der Waals surface area (Å²) in [4.78, 5) is 0. The number of rotatable bonds is 3. The molecule has 0 unspecified atom stereocenters. The molecule has 2 fully saturated rings. The first-order valence-corrected chi connectivity index (χ1v) is 12.1. The molecule has 2 saturated heterocycles. The van der Waals surface area contributed by atoms with Crippen LogP contribution in [-0.4, -0.2) is 40.7 Å². The van der Waals surface area contributed by atoms with Gasteiger partial charge in [0.25, 0.3) is 0 Å². The highest BCUT2D eigenvalue weighted by atomic mass is 31.2. The van der Waals surface area contributed by atoms with Crippen molar-refractivity contribution in [2.75, 3.05) is 26.2 Å². The third-order valence-corrected chi connectivity index (χ3v) is 10.5. The van der Waals surface area contributed by atoms with Crippen molar-refractivity contribution < 1.29 is 13.2 Å². The number of hydrogen-bond acceptors (Lipinski definition) is 1. The second kappa shape index (κ2) is 8.49. The van der Waals surface area contributed by atoms with Gasteiger partial charge in [-0.1, -0.05) is 39.7 Å². The molecule has 0 radical (unpaired) electrons. The van der Waals surface area contributed by atoms with E-state index in [1.807, 2.05) is 0 Å². The number of benzene rings is 1. The SMILES string of the molecule is CC(C)(C)P(=Nc1cccc(C(F)(F)F)c1)(N1CCCCC1)N1CCCCC1. The van der Waals surface area contributed by atoms with Crippen LogP contribution in [0.5, 0.6) is 0 Å². The highest BCUT2D eigenvalue weighted by molar-refractivity contribution is 7.63. The van der Waals surface area contributed by atoms with Crippen molar-refractivity contribution in [2.45, 2.75) is 70.6 Å². The molecular formula is C21H33F3N3P. The van der Waals surface area contributed by atoms with Crippen LogP contribution in [-0.2, 0) is 6.18 Å². The lowest BCUT2D eigenvalue weighted by Crippen LogP contribution is -2.44. The van der Waals surface area contributed by atoms with Crippen LogP contribution in [0.1, 0.15) is 64.9 Å². The Morgan fingerprint density at radius 3 is 1.75 bits per heavy atom. The summed E-state index contributed by atoms with van der Waals surface area (Å²) >= 11 is 0. The van der Waals surface area contributed by atoms with Gasteiger partial charge < -0.3 is 0 Å². The molecule has 3 rings (SSSR count). The summed E-state index contributed by atoms with van der Waals surface area (Å²) in [6.07, 6.45) is 2.68.